The molecular weight excluding hydrogens is 262 g/mol. The maximum Gasteiger partial charge on any atom is 0.247 e. The standard InChI is InChI=1S/C13H19N3O2S/c1-7(2)16-11(17)5-10(13(16)18)15-9(4)12-14-8(3)6-19-12/h6-7,9-10,15H,5H2,1-4H3. The Kier molecular flexibility index (Phi) is 4.01. The summed E-state index contributed by atoms with van der Waals surface area (Å²) in [6, 6.07) is -0.522. The van der Waals surface area contributed by atoms with Crippen LogP contribution in [0.3, 0.4) is 0 Å². The number of carbonyl (C=O) groups excluding carboxylic acids is 2. The van der Waals surface area contributed by atoms with E-state index < -0.39 is 6.04 Å². The van der Waals surface area contributed by atoms with Crippen LogP contribution in [0.15, 0.2) is 5.38 Å². The summed E-state index contributed by atoms with van der Waals surface area (Å²) in [6.45, 7) is 7.61. The van der Waals surface area contributed by atoms with Crippen LogP contribution in [0.1, 0.15) is 43.9 Å². The predicted octanol–water partition coefficient (Wildman–Crippen LogP) is 1.64. The number of thiazole rings is 1. The highest BCUT2D eigenvalue weighted by molar-refractivity contribution is 7.09. The number of hydrogen-bond donors (Lipinski definition) is 1. The van der Waals surface area contributed by atoms with Crippen molar-refractivity contribution < 1.29 is 9.59 Å². The molecule has 0 radical (unpaired) electrons. The molecule has 2 unspecified atom stereocenters. The molecule has 2 heterocycles. The zero-order valence-electron chi connectivity index (χ0n) is 11.6. The maximum atomic E-state index is 12.2. The Morgan fingerprint density at radius 2 is 2.11 bits per heavy atom. The van der Waals surface area contributed by atoms with Crippen molar-refractivity contribution >= 4 is 23.2 Å². The molecule has 1 aromatic heterocycles. The van der Waals surface area contributed by atoms with Crippen LogP contribution in [0.25, 0.3) is 0 Å². The molecule has 104 valence electrons. The number of likely N-dealkylation sites (tertiary alicyclic amines) is 1. The summed E-state index contributed by atoms with van der Waals surface area (Å²) in [6.07, 6.45) is 0.242. The van der Waals surface area contributed by atoms with Gasteiger partial charge in [-0.2, -0.15) is 0 Å². The Morgan fingerprint density at radius 1 is 1.42 bits per heavy atom. The van der Waals surface area contributed by atoms with Crippen molar-refractivity contribution in [3.63, 3.8) is 0 Å². The quantitative estimate of drug-likeness (QED) is 0.852. The third-order valence-electron chi connectivity index (χ3n) is 3.16. The summed E-state index contributed by atoms with van der Waals surface area (Å²) in [5.41, 5.74) is 0.978. The first-order valence-corrected chi connectivity index (χ1v) is 7.32. The van der Waals surface area contributed by atoms with Gasteiger partial charge >= 0.3 is 0 Å². The molecule has 5 nitrogen and oxygen atoms in total. The van der Waals surface area contributed by atoms with Gasteiger partial charge in [-0.3, -0.25) is 19.8 Å². The first-order chi connectivity index (χ1) is 8.90. The van der Waals surface area contributed by atoms with E-state index in [-0.39, 0.29) is 30.3 Å². The molecule has 0 spiro atoms. The van der Waals surface area contributed by atoms with Crippen LogP contribution in [0.2, 0.25) is 0 Å². The third kappa shape index (κ3) is 2.84. The van der Waals surface area contributed by atoms with E-state index in [9.17, 15) is 9.59 Å². The second-order valence-corrected chi connectivity index (χ2v) is 6.06. The minimum Gasteiger partial charge on any atom is -0.297 e. The number of rotatable bonds is 4. The molecule has 0 aliphatic carbocycles. The molecule has 2 atom stereocenters. The van der Waals surface area contributed by atoms with Gasteiger partial charge in [0, 0.05) is 17.1 Å². The lowest BCUT2D eigenvalue weighted by molar-refractivity contribution is -0.140. The van der Waals surface area contributed by atoms with Crippen LogP contribution in [-0.4, -0.2) is 33.8 Å². The number of aryl methyl sites for hydroxylation is 1. The van der Waals surface area contributed by atoms with Crippen LogP contribution in [-0.2, 0) is 9.59 Å². The van der Waals surface area contributed by atoms with E-state index in [1.807, 2.05) is 33.1 Å². The van der Waals surface area contributed by atoms with Gasteiger partial charge in [0.2, 0.25) is 11.8 Å². The predicted molar refractivity (Wildman–Crippen MR) is 73.8 cm³/mol. The molecule has 1 fully saturated rings. The zero-order chi connectivity index (χ0) is 14.2. The SMILES string of the molecule is Cc1csc(C(C)NC2CC(=O)N(C(C)C)C2=O)n1. The molecule has 2 rings (SSSR count). The highest BCUT2D eigenvalue weighted by Gasteiger charge is 2.40. The fourth-order valence-corrected chi connectivity index (χ4v) is 3.08. The van der Waals surface area contributed by atoms with Crippen molar-refractivity contribution in [3.05, 3.63) is 16.1 Å². The van der Waals surface area contributed by atoms with Crippen molar-refractivity contribution in [2.45, 2.75) is 52.2 Å². The molecule has 0 saturated carbocycles. The molecule has 19 heavy (non-hydrogen) atoms. The molecule has 1 saturated heterocycles. The van der Waals surface area contributed by atoms with Gasteiger partial charge in [-0.1, -0.05) is 0 Å². The molecule has 1 aliphatic rings. The average Bonchev–Trinajstić information content (AvgIpc) is 2.84. The fraction of sp³-hybridized carbons (Fsp3) is 0.615. The number of aromatic nitrogens is 1. The number of nitrogens with one attached hydrogen (secondary N) is 1. The molecule has 2 amide bonds. The first-order valence-electron chi connectivity index (χ1n) is 6.44. The lowest BCUT2D eigenvalue weighted by Gasteiger charge is -2.20. The van der Waals surface area contributed by atoms with Crippen LogP contribution in [0.4, 0.5) is 0 Å². The maximum absolute atomic E-state index is 12.2. The summed E-state index contributed by atoms with van der Waals surface area (Å²) in [7, 11) is 0. The molecule has 1 aromatic rings. The zero-order valence-corrected chi connectivity index (χ0v) is 12.5. The average molecular weight is 281 g/mol. The summed E-state index contributed by atoms with van der Waals surface area (Å²) in [5, 5.41) is 6.14. The van der Waals surface area contributed by atoms with E-state index in [0.717, 1.165) is 10.7 Å². The molecule has 1 aliphatic heterocycles. The van der Waals surface area contributed by atoms with E-state index in [1.54, 1.807) is 11.3 Å². The van der Waals surface area contributed by atoms with Gasteiger partial charge < -0.3 is 0 Å². The summed E-state index contributed by atoms with van der Waals surface area (Å²) in [4.78, 5) is 29.7. The topological polar surface area (TPSA) is 62.3 Å². The van der Waals surface area contributed by atoms with Gasteiger partial charge in [-0.25, -0.2) is 4.98 Å². The highest BCUT2D eigenvalue weighted by Crippen LogP contribution is 2.22. The van der Waals surface area contributed by atoms with Crippen molar-refractivity contribution in [1.82, 2.24) is 15.2 Å². The molecular formula is C13H19N3O2S. The van der Waals surface area contributed by atoms with E-state index >= 15 is 0 Å². The molecule has 6 heteroatoms. The Hall–Kier alpha value is -1.27. The summed E-state index contributed by atoms with van der Waals surface area (Å²) >= 11 is 1.57. The third-order valence-corrected chi connectivity index (χ3v) is 4.30. The fourth-order valence-electron chi connectivity index (χ4n) is 2.27. The first kappa shape index (κ1) is 14.1. The van der Waals surface area contributed by atoms with E-state index in [1.165, 1.54) is 4.90 Å². The Labute approximate surface area is 117 Å². The Morgan fingerprint density at radius 3 is 2.58 bits per heavy atom. The smallest absolute Gasteiger partial charge is 0.247 e. The van der Waals surface area contributed by atoms with Crippen LogP contribution >= 0.6 is 11.3 Å². The van der Waals surface area contributed by atoms with Crippen molar-refractivity contribution in [3.8, 4) is 0 Å². The van der Waals surface area contributed by atoms with Gasteiger partial charge in [-0.15, -0.1) is 11.3 Å². The lowest BCUT2D eigenvalue weighted by atomic mass is 10.2. The number of amides is 2. The van der Waals surface area contributed by atoms with Crippen LogP contribution < -0.4 is 5.32 Å². The van der Waals surface area contributed by atoms with Gasteiger partial charge in [-0.05, 0) is 27.7 Å². The lowest BCUT2D eigenvalue weighted by Crippen LogP contribution is -2.42. The van der Waals surface area contributed by atoms with Gasteiger partial charge in [0.15, 0.2) is 0 Å². The van der Waals surface area contributed by atoms with E-state index in [0.29, 0.717) is 0 Å². The van der Waals surface area contributed by atoms with Crippen molar-refractivity contribution in [2.75, 3.05) is 0 Å². The number of imide groups is 1. The highest BCUT2D eigenvalue weighted by atomic mass is 32.1. The van der Waals surface area contributed by atoms with Gasteiger partial charge in [0.1, 0.15) is 5.01 Å². The normalized spacial score (nSPS) is 21.5. The van der Waals surface area contributed by atoms with Crippen LogP contribution in [0.5, 0.6) is 0 Å². The summed E-state index contributed by atoms with van der Waals surface area (Å²) < 4.78 is 0. The Balaban J connectivity index is 2.04. The largest absolute Gasteiger partial charge is 0.297 e. The molecule has 1 N–H and O–H groups in total. The molecule has 0 bridgehead atoms. The van der Waals surface area contributed by atoms with Crippen molar-refractivity contribution in [2.24, 2.45) is 0 Å². The van der Waals surface area contributed by atoms with Gasteiger partial charge in [0.05, 0.1) is 18.5 Å². The minimum absolute atomic E-state index is 0.0208. The summed E-state index contributed by atoms with van der Waals surface area (Å²) in [5.74, 6) is -0.222. The van der Waals surface area contributed by atoms with Crippen molar-refractivity contribution in [1.29, 1.82) is 0 Å². The Bertz CT molecular complexity index is 498. The van der Waals surface area contributed by atoms with E-state index in [2.05, 4.69) is 10.3 Å². The number of carbonyl (C=O) groups is 2. The van der Waals surface area contributed by atoms with Gasteiger partial charge in [0.25, 0.3) is 0 Å². The monoisotopic (exact) mass is 281 g/mol. The second-order valence-electron chi connectivity index (χ2n) is 5.17. The van der Waals surface area contributed by atoms with E-state index in [4.69, 9.17) is 0 Å². The number of hydrogen-bond acceptors (Lipinski definition) is 5. The molecule has 0 aromatic carbocycles. The second kappa shape index (κ2) is 5.38. The number of nitrogens with zero attached hydrogens (tertiary/aromatic N) is 2. The van der Waals surface area contributed by atoms with Crippen LogP contribution in [0, 0.1) is 6.92 Å². The minimum atomic E-state index is -0.422.